The number of aromatic nitrogens is 1. The van der Waals surface area contributed by atoms with Crippen LogP contribution < -0.4 is 19.7 Å². The van der Waals surface area contributed by atoms with Crippen molar-refractivity contribution in [1.29, 1.82) is 0 Å². The SMILES string of the molecule is CNS(=O)(=O)c1ccc(NC2CCCN(c3ccc(OC(F)F)cc3)C2)nc1. The number of nitrogens with zero attached hydrogens (tertiary/aromatic N) is 2. The van der Waals surface area contributed by atoms with E-state index in [1.54, 1.807) is 18.2 Å². The van der Waals surface area contributed by atoms with E-state index >= 15 is 0 Å². The van der Waals surface area contributed by atoms with Gasteiger partial charge in [-0.3, -0.25) is 0 Å². The summed E-state index contributed by atoms with van der Waals surface area (Å²) in [5.74, 6) is 0.730. The maximum atomic E-state index is 12.3. The lowest BCUT2D eigenvalue weighted by molar-refractivity contribution is -0.0498. The maximum Gasteiger partial charge on any atom is 0.387 e. The largest absolute Gasteiger partial charge is 0.435 e. The summed E-state index contributed by atoms with van der Waals surface area (Å²) in [7, 11) is -2.16. The Bertz CT molecular complexity index is 877. The van der Waals surface area contributed by atoms with Crippen molar-refractivity contribution in [1.82, 2.24) is 9.71 Å². The molecule has 10 heteroatoms. The van der Waals surface area contributed by atoms with Crippen LogP contribution in [0.4, 0.5) is 20.3 Å². The average Bonchev–Trinajstić information content (AvgIpc) is 2.69. The Morgan fingerprint density at radius 3 is 2.57 bits per heavy atom. The highest BCUT2D eigenvalue weighted by molar-refractivity contribution is 7.89. The summed E-state index contributed by atoms with van der Waals surface area (Å²) in [6.45, 7) is -1.26. The summed E-state index contributed by atoms with van der Waals surface area (Å²) < 4.78 is 54.7. The van der Waals surface area contributed by atoms with Gasteiger partial charge >= 0.3 is 6.61 Å². The molecule has 1 aromatic heterocycles. The first kappa shape index (κ1) is 20.3. The number of anilines is 2. The predicted octanol–water partition coefficient (Wildman–Crippen LogP) is 2.67. The number of halogens is 2. The van der Waals surface area contributed by atoms with Gasteiger partial charge < -0.3 is 15.0 Å². The molecular weight excluding hydrogens is 390 g/mol. The zero-order valence-electron chi connectivity index (χ0n) is 15.3. The lowest BCUT2D eigenvalue weighted by Crippen LogP contribution is -2.42. The second kappa shape index (κ2) is 8.70. The molecule has 0 radical (unpaired) electrons. The van der Waals surface area contributed by atoms with Crippen molar-refractivity contribution in [2.75, 3.05) is 30.4 Å². The summed E-state index contributed by atoms with van der Waals surface area (Å²) >= 11 is 0. The predicted molar refractivity (Wildman–Crippen MR) is 102 cm³/mol. The molecular formula is C18H22F2N4O3S. The van der Waals surface area contributed by atoms with Crippen molar-refractivity contribution in [3.63, 3.8) is 0 Å². The molecule has 1 atom stereocenters. The smallest absolute Gasteiger partial charge is 0.387 e. The van der Waals surface area contributed by atoms with Gasteiger partial charge in [-0.15, -0.1) is 0 Å². The van der Waals surface area contributed by atoms with E-state index in [9.17, 15) is 17.2 Å². The lowest BCUT2D eigenvalue weighted by atomic mass is 10.0. The number of sulfonamides is 1. The van der Waals surface area contributed by atoms with Crippen molar-refractivity contribution >= 4 is 21.5 Å². The number of rotatable bonds is 7. The summed E-state index contributed by atoms with van der Waals surface area (Å²) in [6, 6.07) is 9.85. The van der Waals surface area contributed by atoms with Gasteiger partial charge in [0, 0.05) is 31.0 Å². The standard InChI is InChI=1S/C18H22F2N4O3S/c1-21-28(25,26)16-8-9-17(22-11-16)23-13-3-2-10-24(12-13)14-4-6-15(7-5-14)27-18(19)20/h4-9,11,13,18,21H,2-3,10,12H2,1H3,(H,22,23). The fourth-order valence-corrected chi connectivity index (χ4v) is 3.79. The Morgan fingerprint density at radius 1 is 1.21 bits per heavy atom. The maximum absolute atomic E-state index is 12.3. The molecule has 0 amide bonds. The zero-order valence-corrected chi connectivity index (χ0v) is 16.1. The van der Waals surface area contributed by atoms with Gasteiger partial charge in [-0.25, -0.2) is 18.1 Å². The molecule has 1 aliphatic rings. The zero-order chi connectivity index (χ0) is 20.1. The second-order valence-corrected chi connectivity index (χ2v) is 8.28. The third kappa shape index (κ3) is 5.08. The van der Waals surface area contributed by atoms with Crippen LogP contribution in [-0.4, -0.2) is 46.2 Å². The van der Waals surface area contributed by atoms with E-state index in [2.05, 4.69) is 24.7 Å². The van der Waals surface area contributed by atoms with Gasteiger partial charge in [0.25, 0.3) is 0 Å². The Labute approximate surface area is 162 Å². The van der Waals surface area contributed by atoms with Gasteiger partial charge in [-0.05, 0) is 56.3 Å². The molecule has 2 N–H and O–H groups in total. The van der Waals surface area contributed by atoms with E-state index in [4.69, 9.17) is 0 Å². The van der Waals surface area contributed by atoms with Gasteiger partial charge in [0.05, 0.1) is 0 Å². The minimum absolute atomic E-state index is 0.108. The second-order valence-electron chi connectivity index (χ2n) is 6.39. The molecule has 0 bridgehead atoms. The van der Waals surface area contributed by atoms with Crippen LogP contribution in [-0.2, 0) is 10.0 Å². The van der Waals surface area contributed by atoms with Gasteiger partial charge in [0.15, 0.2) is 0 Å². The van der Waals surface area contributed by atoms with Gasteiger partial charge in [0.2, 0.25) is 10.0 Å². The number of hydrogen-bond donors (Lipinski definition) is 2. The average molecular weight is 412 g/mol. The van der Waals surface area contributed by atoms with Crippen LogP contribution in [0.5, 0.6) is 5.75 Å². The van der Waals surface area contributed by atoms with Gasteiger partial charge in [-0.1, -0.05) is 0 Å². The minimum atomic E-state index is -3.51. The first-order valence-electron chi connectivity index (χ1n) is 8.83. The molecule has 28 heavy (non-hydrogen) atoms. The van der Waals surface area contributed by atoms with E-state index in [1.165, 1.54) is 31.4 Å². The Balaban J connectivity index is 1.62. The quantitative estimate of drug-likeness (QED) is 0.728. The minimum Gasteiger partial charge on any atom is -0.435 e. The number of alkyl halides is 2. The molecule has 152 valence electrons. The van der Waals surface area contributed by atoms with Gasteiger partial charge in [-0.2, -0.15) is 8.78 Å². The molecule has 0 saturated carbocycles. The number of pyridine rings is 1. The highest BCUT2D eigenvalue weighted by Gasteiger charge is 2.21. The molecule has 1 aliphatic heterocycles. The van der Waals surface area contributed by atoms with E-state index in [0.29, 0.717) is 12.4 Å². The number of ether oxygens (including phenoxy) is 1. The summed E-state index contributed by atoms with van der Waals surface area (Å²) in [4.78, 5) is 6.46. The monoisotopic (exact) mass is 412 g/mol. The van der Waals surface area contributed by atoms with Crippen molar-refractivity contribution in [3.05, 3.63) is 42.6 Å². The molecule has 3 rings (SSSR count). The summed E-state index contributed by atoms with van der Waals surface area (Å²) in [5.41, 5.74) is 0.927. The normalized spacial score (nSPS) is 17.6. The summed E-state index contributed by atoms with van der Waals surface area (Å²) in [5, 5.41) is 3.32. The van der Waals surface area contributed by atoms with Crippen LogP contribution in [0.15, 0.2) is 47.5 Å². The highest BCUT2D eigenvalue weighted by atomic mass is 32.2. The van der Waals surface area contributed by atoms with Crippen LogP contribution in [0.1, 0.15) is 12.8 Å². The van der Waals surface area contributed by atoms with Crippen molar-refractivity contribution in [2.24, 2.45) is 0 Å². The van der Waals surface area contributed by atoms with Gasteiger partial charge in [0.1, 0.15) is 16.5 Å². The third-order valence-corrected chi connectivity index (χ3v) is 5.92. The fraction of sp³-hybridized carbons (Fsp3) is 0.389. The molecule has 0 spiro atoms. The molecule has 1 unspecified atom stereocenters. The molecule has 2 heterocycles. The number of piperidine rings is 1. The van der Waals surface area contributed by atoms with E-state index in [-0.39, 0.29) is 16.7 Å². The highest BCUT2D eigenvalue weighted by Crippen LogP contribution is 2.25. The molecule has 7 nitrogen and oxygen atoms in total. The fourth-order valence-electron chi connectivity index (χ4n) is 3.12. The van der Waals surface area contributed by atoms with Crippen LogP contribution >= 0.6 is 0 Å². The first-order chi connectivity index (χ1) is 13.4. The Kier molecular flexibility index (Phi) is 6.30. The van der Waals surface area contributed by atoms with Crippen molar-refractivity contribution in [3.8, 4) is 5.75 Å². The van der Waals surface area contributed by atoms with Crippen LogP contribution in [0.2, 0.25) is 0 Å². The Morgan fingerprint density at radius 2 is 1.96 bits per heavy atom. The summed E-state index contributed by atoms with van der Waals surface area (Å²) in [6.07, 6.45) is 3.22. The van der Waals surface area contributed by atoms with Crippen molar-refractivity contribution in [2.45, 2.75) is 30.4 Å². The molecule has 0 aliphatic carbocycles. The lowest BCUT2D eigenvalue weighted by Gasteiger charge is -2.35. The van der Waals surface area contributed by atoms with E-state index in [1.807, 2.05) is 0 Å². The molecule has 2 aromatic rings. The van der Waals surface area contributed by atoms with E-state index < -0.39 is 16.6 Å². The van der Waals surface area contributed by atoms with Crippen LogP contribution in [0, 0.1) is 0 Å². The van der Waals surface area contributed by atoms with Crippen LogP contribution in [0.25, 0.3) is 0 Å². The molecule has 1 aromatic carbocycles. The van der Waals surface area contributed by atoms with Crippen LogP contribution in [0.3, 0.4) is 0 Å². The topological polar surface area (TPSA) is 83.6 Å². The van der Waals surface area contributed by atoms with E-state index in [0.717, 1.165) is 25.1 Å². The molecule has 1 fully saturated rings. The first-order valence-corrected chi connectivity index (χ1v) is 10.3. The number of hydrogen-bond acceptors (Lipinski definition) is 6. The molecule has 1 saturated heterocycles. The number of nitrogens with one attached hydrogen (secondary N) is 2. The number of benzene rings is 1. The van der Waals surface area contributed by atoms with Crippen molar-refractivity contribution < 1.29 is 21.9 Å². The Hall–Kier alpha value is -2.46. The third-order valence-electron chi connectivity index (χ3n) is 4.52.